The Labute approximate surface area is 117 Å². The van der Waals surface area contributed by atoms with E-state index < -0.39 is 0 Å². The second-order valence-corrected chi connectivity index (χ2v) is 6.38. The molecule has 2 unspecified atom stereocenters. The highest BCUT2D eigenvalue weighted by atomic mass is 19.1. The predicted molar refractivity (Wildman–Crippen MR) is 73.4 cm³/mol. The number of nitrogens with zero attached hydrogens (tertiary/aromatic N) is 4. The summed E-state index contributed by atoms with van der Waals surface area (Å²) in [7, 11) is 0. The average Bonchev–Trinajstić information content (AvgIpc) is 2.98. The van der Waals surface area contributed by atoms with Gasteiger partial charge in [-0.05, 0) is 17.8 Å². The monoisotopic (exact) mass is 278 g/mol. The highest BCUT2D eigenvalue weighted by Crippen LogP contribution is 2.57. The number of halogens is 1. The molecule has 108 valence electrons. The van der Waals surface area contributed by atoms with Gasteiger partial charge >= 0.3 is 0 Å². The van der Waals surface area contributed by atoms with Crippen LogP contribution < -0.4 is 9.80 Å². The molecule has 0 spiro atoms. The molecule has 2 saturated heterocycles. The van der Waals surface area contributed by atoms with Crippen LogP contribution in [0.1, 0.15) is 13.3 Å². The SMILES string of the molecule is CC12CC1CN(c1ncc(F)c(N3CCOCC3)n1)C2. The van der Waals surface area contributed by atoms with E-state index in [1.807, 2.05) is 4.90 Å². The zero-order chi connectivity index (χ0) is 13.7. The number of piperidine rings is 1. The highest BCUT2D eigenvalue weighted by molar-refractivity contribution is 5.47. The van der Waals surface area contributed by atoms with E-state index in [9.17, 15) is 4.39 Å². The lowest BCUT2D eigenvalue weighted by atomic mass is 10.1. The van der Waals surface area contributed by atoms with E-state index in [1.54, 1.807) is 0 Å². The third-order valence-corrected chi connectivity index (χ3v) is 4.84. The molecule has 3 aliphatic rings. The Kier molecular flexibility index (Phi) is 2.64. The maximum absolute atomic E-state index is 14.0. The summed E-state index contributed by atoms with van der Waals surface area (Å²) in [5.74, 6) is 1.51. The van der Waals surface area contributed by atoms with Crippen molar-refractivity contribution >= 4 is 11.8 Å². The van der Waals surface area contributed by atoms with Gasteiger partial charge in [-0.1, -0.05) is 6.92 Å². The van der Waals surface area contributed by atoms with Crippen LogP contribution in [0.5, 0.6) is 0 Å². The van der Waals surface area contributed by atoms with Gasteiger partial charge in [-0.15, -0.1) is 0 Å². The Bertz CT molecular complexity index is 534. The molecule has 0 radical (unpaired) electrons. The Balaban J connectivity index is 1.58. The van der Waals surface area contributed by atoms with Gasteiger partial charge in [0.15, 0.2) is 11.6 Å². The van der Waals surface area contributed by atoms with Crippen LogP contribution in [0, 0.1) is 17.2 Å². The normalized spacial score (nSPS) is 32.4. The van der Waals surface area contributed by atoms with E-state index in [1.165, 1.54) is 12.6 Å². The van der Waals surface area contributed by atoms with Crippen molar-refractivity contribution in [3.8, 4) is 0 Å². The minimum atomic E-state index is -0.341. The van der Waals surface area contributed by atoms with Gasteiger partial charge in [-0.3, -0.25) is 0 Å². The van der Waals surface area contributed by atoms with Crippen molar-refractivity contribution < 1.29 is 9.13 Å². The first kappa shape index (κ1) is 12.3. The molecule has 0 aromatic carbocycles. The van der Waals surface area contributed by atoms with Crippen LogP contribution >= 0.6 is 0 Å². The third-order valence-electron chi connectivity index (χ3n) is 4.84. The Morgan fingerprint density at radius 2 is 2.15 bits per heavy atom. The lowest BCUT2D eigenvalue weighted by Gasteiger charge is -2.29. The van der Waals surface area contributed by atoms with Crippen molar-refractivity contribution in [3.63, 3.8) is 0 Å². The molecular formula is C14H19FN4O. The smallest absolute Gasteiger partial charge is 0.227 e. The number of morpholine rings is 1. The van der Waals surface area contributed by atoms with E-state index in [4.69, 9.17) is 4.74 Å². The summed E-state index contributed by atoms with van der Waals surface area (Å²) in [4.78, 5) is 12.8. The first-order valence-corrected chi connectivity index (χ1v) is 7.26. The molecule has 1 saturated carbocycles. The number of anilines is 2. The zero-order valence-electron chi connectivity index (χ0n) is 11.7. The number of hydrogen-bond acceptors (Lipinski definition) is 5. The van der Waals surface area contributed by atoms with Gasteiger partial charge < -0.3 is 14.5 Å². The van der Waals surface area contributed by atoms with Crippen LogP contribution in [-0.2, 0) is 4.74 Å². The lowest BCUT2D eigenvalue weighted by molar-refractivity contribution is 0.122. The van der Waals surface area contributed by atoms with Gasteiger partial charge in [-0.25, -0.2) is 9.37 Å². The molecule has 20 heavy (non-hydrogen) atoms. The first-order valence-electron chi connectivity index (χ1n) is 7.26. The molecule has 4 rings (SSSR count). The largest absolute Gasteiger partial charge is 0.378 e. The minimum absolute atomic E-state index is 0.341. The summed E-state index contributed by atoms with van der Waals surface area (Å²) >= 11 is 0. The molecule has 2 aliphatic heterocycles. The number of aromatic nitrogens is 2. The number of rotatable bonds is 2. The van der Waals surface area contributed by atoms with Crippen molar-refractivity contribution in [1.29, 1.82) is 0 Å². The molecule has 0 bridgehead atoms. The Morgan fingerprint density at radius 3 is 2.85 bits per heavy atom. The molecule has 6 heteroatoms. The summed E-state index contributed by atoms with van der Waals surface area (Å²) in [6.07, 6.45) is 2.61. The highest BCUT2D eigenvalue weighted by Gasteiger charge is 2.56. The number of hydrogen-bond donors (Lipinski definition) is 0. The van der Waals surface area contributed by atoms with Crippen LogP contribution in [0.25, 0.3) is 0 Å². The summed E-state index contributed by atoms with van der Waals surface area (Å²) < 4.78 is 19.3. The number of ether oxygens (including phenoxy) is 1. The van der Waals surface area contributed by atoms with Crippen LogP contribution in [0.3, 0.4) is 0 Å². The predicted octanol–water partition coefficient (Wildman–Crippen LogP) is 1.30. The number of fused-ring (bicyclic) bond motifs is 1. The maximum Gasteiger partial charge on any atom is 0.227 e. The van der Waals surface area contributed by atoms with Crippen molar-refractivity contribution in [2.75, 3.05) is 49.2 Å². The van der Waals surface area contributed by atoms with Crippen molar-refractivity contribution in [3.05, 3.63) is 12.0 Å². The van der Waals surface area contributed by atoms with Gasteiger partial charge in [0.25, 0.3) is 0 Å². The van der Waals surface area contributed by atoms with Crippen molar-refractivity contribution in [1.82, 2.24) is 9.97 Å². The maximum atomic E-state index is 14.0. The summed E-state index contributed by atoms with van der Waals surface area (Å²) in [5.41, 5.74) is 0.441. The van der Waals surface area contributed by atoms with Crippen LogP contribution in [0.2, 0.25) is 0 Å². The second kappa shape index (κ2) is 4.28. The molecule has 5 nitrogen and oxygen atoms in total. The quantitative estimate of drug-likeness (QED) is 0.815. The van der Waals surface area contributed by atoms with E-state index in [2.05, 4.69) is 21.8 Å². The average molecular weight is 278 g/mol. The lowest BCUT2D eigenvalue weighted by Crippen LogP contribution is -2.38. The van der Waals surface area contributed by atoms with Crippen LogP contribution in [-0.4, -0.2) is 49.4 Å². The zero-order valence-corrected chi connectivity index (χ0v) is 11.7. The molecule has 0 amide bonds. The first-order chi connectivity index (χ1) is 9.66. The molecular weight excluding hydrogens is 259 g/mol. The van der Waals surface area contributed by atoms with Crippen molar-refractivity contribution in [2.45, 2.75) is 13.3 Å². The molecule has 3 heterocycles. The van der Waals surface area contributed by atoms with Gasteiger partial charge in [-0.2, -0.15) is 4.98 Å². The van der Waals surface area contributed by atoms with E-state index >= 15 is 0 Å². The molecule has 1 aliphatic carbocycles. The fourth-order valence-corrected chi connectivity index (χ4v) is 3.40. The van der Waals surface area contributed by atoms with Crippen LogP contribution in [0.4, 0.5) is 16.2 Å². The summed E-state index contributed by atoms with van der Waals surface area (Å²) in [5, 5.41) is 0. The standard InChI is InChI=1S/C14H19FN4O/c1-14-6-10(14)8-19(9-14)13-16-7-11(15)12(17-13)18-2-4-20-5-3-18/h7,10H,2-6,8-9H2,1H3. The summed E-state index contributed by atoms with van der Waals surface area (Å²) in [6.45, 7) is 6.94. The molecule has 2 atom stereocenters. The van der Waals surface area contributed by atoms with Gasteiger partial charge in [0.1, 0.15) is 0 Å². The minimum Gasteiger partial charge on any atom is -0.378 e. The molecule has 1 aromatic heterocycles. The Morgan fingerprint density at radius 1 is 1.35 bits per heavy atom. The van der Waals surface area contributed by atoms with Gasteiger partial charge in [0.2, 0.25) is 5.95 Å². The molecule has 3 fully saturated rings. The summed E-state index contributed by atoms with van der Waals surface area (Å²) in [6, 6.07) is 0. The third kappa shape index (κ3) is 1.93. The van der Waals surface area contributed by atoms with E-state index in [-0.39, 0.29) is 5.82 Å². The molecule has 0 N–H and O–H groups in total. The molecule has 1 aromatic rings. The fraction of sp³-hybridized carbons (Fsp3) is 0.714. The second-order valence-electron chi connectivity index (χ2n) is 6.38. The Hall–Kier alpha value is -1.43. The van der Waals surface area contributed by atoms with Gasteiger partial charge in [0.05, 0.1) is 19.4 Å². The van der Waals surface area contributed by atoms with Crippen molar-refractivity contribution in [2.24, 2.45) is 11.3 Å². The van der Waals surface area contributed by atoms with E-state index in [0.29, 0.717) is 43.5 Å². The fourth-order valence-electron chi connectivity index (χ4n) is 3.40. The topological polar surface area (TPSA) is 41.5 Å². The van der Waals surface area contributed by atoms with Crippen LogP contribution in [0.15, 0.2) is 6.20 Å². The van der Waals surface area contributed by atoms with E-state index in [0.717, 1.165) is 19.0 Å². The van der Waals surface area contributed by atoms with Gasteiger partial charge in [0, 0.05) is 26.2 Å².